The standard InChI is InChI=1S/C14H14O2.C12H18NO2.3C2H6/c1-15-13-7-9-14(10-8-13)16-11-12-5-3-2-4-6-12;1-13(2,3)11-7-5-10(6-8-11)9-12(14)15-4;3*1-2/h2-10H,11H2,1H3;5-8H,9H2,1-4H3;3*1-2H3/q;+1;;;. The first kappa shape index (κ1) is 35.8. The lowest BCUT2D eigenvalue weighted by atomic mass is 10.1. The number of ether oxygens (including phenoxy) is 3. The van der Waals surface area contributed by atoms with Crippen molar-refractivity contribution in [3.8, 4) is 11.5 Å². The Labute approximate surface area is 226 Å². The number of esters is 1. The summed E-state index contributed by atoms with van der Waals surface area (Å²) in [6.45, 7) is 12.6. The normalized spacial score (nSPS) is 9.27. The largest absolute Gasteiger partial charge is 0.497 e. The Bertz CT molecular complexity index is 916. The summed E-state index contributed by atoms with van der Waals surface area (Å²) in [4.78, 5) is 11.0. The number of carbonyl (C=O) groups excluding carboxylic acids is 1. The van der Waals surface area contributed by atoms with Gasteiger partial charge >= 0.3 is 5.97 Å². The number of methoxy groups -OCH3 is 2. The van der Waals surface area contributed by atoms with Crippen molar-refractivity contribution in [1.29, 1.82) is 0 Å². The molecule has 0 saturated carbocycles. The van der Waals surface area contributed by atoms with Gasteiger partial charge < -0.3 is 14.2 Å². The molecule has 0 bridgehead atoms. The summed E-state index contributed by atoms with van der Waals surface area (Å²) in [7, 11) is 9.38. The Kier molecular flexibility index (Phi) is 21.2. The van der Waals surface area contributed by atoms with Crippen LogP contribution in [0.1, 0.15) is 52.7 Å². The molecule has 3 rings (SSSR count). The molecule has 0 N–H and O–H groups in total. The van der Waals surface area contributed by atoms with Crippen LogP contribution in [0.15, 0.2) is 78.9 Å². The third-order valence-electron chi connectivity index (χ3n) is 4.59. The summed E-state index contributed by atoms with van der Waals surface area (Å²) in [6.07, 6.45) is 0.341. The Hall–Kier alpha value is -3.31. The fourth-order valence-electron chi connectivity index (χ4n) is 2.71. The van der Waals surface area contributed by atoms with Crippen LogP contribution in [0.25, 0.3) is 0 Å². The van der Waals surface area contributed by atoms with E-state index in [2.05, 4.69) is 25.9 Å². The van der Waals surface area contributed by atoms with Crippen LogP contribution in [0.5, 0.6) is 11.5 Å². The molecular formula is C32H50NO4+. The maximum Gasteiger partial charge on any atom is 0.309 e. The molecule has 3 aromatic rings. The highest BCUT2D eigenvalue weighted by Gasteiger charge is 2.11. The summed E-state index contributed by atoms with van der Waals surface area (Å²) in [5.74, 6) is 1.49. The third-order valence-corrected chi connectivity index (χ3v) is 4.59. The van der Waals surface area contributed by atoms with E-state index in [1.807, 2.05) is 120 Å². The van der Waals surface area contributed by atoms with Crippen LogP contribution in [0.4, 0.5) is 5.69 Å². The van der Waals surface area contributed by atoms with Crippen LogP contribution < -0.4 is 14.0 Å². The smallest absolute Gasteiger partial charge is 0.309 e. The van der Waals surface area contributed by atoms with Gasteiger partial charge in [0.2, 0.25) is 0 Å². The van der Waals surface area contributed by atoms with Crippen molar-refractivity contribution in [2.45, 2.75) is 54.6 Å². The van der Waals surface area contributed by atoms with Crippen LogP contribution in [0.2, 0.25) is 0 Å². The van der Waals surface area contributed by atoms with Crippen LogP contribution in [0, 0.1) is 0 Å². The second-order valence-corrected chi connectivity index (χ2v) is 7.88. The number of rotatable bonds is 7. The van der Waals surface area contributed by atoms with Crippen molar-refractivity contribution in [1.82, 2.24) is 4.48 Å². The highest BCUT2D eigenvalue weighted by Crippen LogP contribution is 2.18. The maximum absolute atomic E-state index is 11.0. The minimum Gasteiger partial charge on any atom is -0.497 e. The zero-order valence-corrected chi connectivity index (χ0v) is 25.0. The number of hydrogen-bond donors (Lipinski definition) is 0. The molecule has 3 aromatic carbocycles. The first-order chi connectivity index (χ1) is 17.8. The Morgan fingerprint density at radius 2 is 1.14 bits per heavy atom. The van der Waals surface area contributed by atoms with Crippen molar-refractivity contribution in [3.05, 3.63) is 90.0 Å². The van der Waals surface area contributed by atoms with Gasteiger partial charge in [-0.3, -0.25) is 9.28 Å². The Balaban J connectivity index is 0. The molecule has 0 amide bonds. The molecule has 0 heterocycles. The fraction of sp³-hybridized carbons (Fsp3) is 0.406. The summed E-state index contributed by atoms with van der Waals surface area (Å²) >= 11 is 0. The first-order valence-corrected chi connectivity index (χ1v) is 13.1. The van der Waals surface area contributed by atoms with Crippen LogP contribution >= 0.6 is 0 Å². The van der Waals surface area contributed by atoms with Crippen LogP contribution in [0.3, 0.4) is 0 Å². The molecule has 5 heteroatoms. The Morgan fingerprint density at radius 3 is 1.57 bits per heavy atom. The molecule has 0 aromatic heterocycles. The molecule has 0 saturated heterocycles. The van der Waals surface area contributed by atoms with Gasteiger partial charge in [-0.2, -0.15) is 0 Å². The van der Waals surface area contributed by atoms with Gasteiger partial charge in [0.25, 0.3) is 0 Å². The summed E-state index contributed by atoms with van der Waals surface area (Å²) < 4.78 is 16.1. The molecule has 0 spiro atoms. The second-order valence-electron chi connectivity index (χ2n) is 7.88. The van der Waals surface area contributed by atoms with E-state index in [0.29, 0.717) is 13.0 Å². The first-order valence-electron chi connectivity index (χ1n) is 13.1. The molecule has 5 nitrogen and oxygen atoms in total. The number of carbonyl (C=O) groups is 1. The van der Waals surface area contributed by atoms with Crippen LogP contribution in [-0.4, -0.2) is 41.3 Å². The lowest BCUT2D eigenvalue weighted by Crippen LogP contribution is -2.34. The number of nitrogens with zero attached hydrogens (tertiary/aromatic N) is 1. The molecule has 0 atom stereocenters. The van der Waals surface area contributed by atoms with Crippen LogP contribution in [-0.2, 0) is 22.6 Å². The molecule has 0 radical (unpaired) electrons. The predicted octanol–water partition coefficient (Wildman–Crippen LogP) is 7.95. The van der Waals surface area contributed by atoms with E-state index in [9.17, 15) is 4.79 Å². The summed E-state index contributed by atoms with van der Waals surface area (Å²) in [6, 6.07) is 25.7. The van der Waals surface area contributed by atoms with Crippen molar-refractivity contribution >= 4 is 11.7 Å². The zero-order valence-electron chi connectivity index (χ0n) is 25.0. The Morgan fingerprint density at radius 1 is 0.649 bits per heavy atom. The molecule has 206 valence electrons. The van der Waals surface area contributed by atoms with Gasteiger partial charge in [0.15, 0.2) is 0 Å². The number of quaternary nitrogens is 1. The van der Waals surface area contributed by atoms with Gasteiger partial charge in [-0.25, -0.2) is 0 Å². The van der Waals surface area contributed by atoms with E-state index in [4.69, 9.17) is 9.47 Å². The van der Waals surface area contributed by atoms with Crippen molar-refractivity contribution in [2.24, 2.45) is 0 Å². The zero-order chi connectivity index (χ0) is 28.7. The van der Waals surface area contributed by atoms with E-state index < -0.39 is 0 Å². The second kappa shape index (κ2) is 21.9. The van der Waals surface area contributed by atoms with Gasteiger partial charge in [0, 0.05) is 0 Å². The molecular weight excluding hydrogens is 462 g/mol. The van der Waals surface area contributed by atoms with Crippen molar-refractivity contribution in [2.75, 3.05) is 35.4 Å². The van der Waals surface area contributed by atoms with E-state index in [0.717, 1.165) is 21.5 Å². The fourth-order valence-corrected chi connectivity index (χ4v) is 2.71. The number of benzene rings is 3. The minimum atomic E-state index is -0.201. The van der Waals surface area contributed by atoms with Gasteiger partial charge in [-0.15, -0.1) is 0 Å². The lowest BCUT2D eigenvalue weighted by molar-refractivity contribution is -0.139. The average molecular weight is 513 g/mol. The van der Waals surface area contributed by atoms with E-state index in [1.165, 1.54) is 18.4 Å². The van der Waals surface area contributed by atoms with Gasteiger partial charge in [0.05, 0.1) is 41.8 Å². The van der Waals surface area contributed by atoms with Crippen molar-refractivity contribution < 1.29 is 19.0 Å². The summed E-state index contributed by atoms with van der Waals surface area (Å²) in [5, 5.41) is 0. The monoisotopic (exact) mass is 512 g/mol. The third kappa shape index (κ3) is 16.1. The topological polar surface area (TPSA) is 44.8 Å². The lowest BCUT2D eigenvalue weighted by Gasteiger charge is -2.23. The molecule has 0 aliphatic rings. The van der Waals surface area contributed by atoms with Gasteiger partial charge in [-0.05, 0) is 47.5 Å². The highest BCUT2D eigenvalue weighted by atomic mass is 16.5. The predicted molar refractivity (Wildman–Crippen MR) is 160 cm³/mol. The van der Waals surface area contributed by atoms with Gasteiger partial charge in [-0.1, -0.05) is 84.0 Å². The van der Waals surface area contributed by atoms with E-state index in [1.54, 1.807) is 7.11 Å². The van der Waals surface area contributed by atoms with Gasteiger partial charge in [0.1, 0.15) is 23.8 Å². The molecule has 0 unspecified atom stereocenters. The van der Waals surface area contributed by atoms with Crippen molar-refractivity contribution in [3.63, 3.8) is 0 Å². The molecule has 0 aliphatic heterocycles. The molecule has 0 fully saturated rings. The highest BCUT2D eigenvalue weighted by molar-refractivity contribution is 5.72. The van der Waals surface area contributed by atoms with E-state index >= 15 is 0 Å². The quantitative estimate of drug-likeness (QED) is 0.238. The maximum atomic E-state index is 11.0. The molecule has 37 heavy (non-hydrogen) atoms. The van der Waals surface area contributed by atoms with E-state index in [-0.39, 0.29) is 5.97 Å². The number of hydrogen-bond acceptors (Lipinski definition) is 4. The minimum absolute atomic E-state index is 0.201. The summed E-state index contributed by atoms with van der Waals surface area (Å²) in [5.41, 5.74) is 3.36. The average Bonchev–Trinajstić information content (AvgIpc) is 2.96. The SMILES string of the molecule is CC.CC.CC.COC(=O)Cc1ccc([N+](C)(C)C)cc1.COc1ccc(OCc2ccccc2)cc1. The molecule has 0 aliphatic carbocycles.